The van der Waals surface area contributed by atoms with Crippen LogP contribution in [0.2, 0.25) is 0 Å². The van der Waals surface area contributed by atoms with Crippen LogP contribution in [0.1, 0.15) is 104 Å². The van der Waals surface area contributed by atoms with Gasteiger partial charge in [0.25, 0.3) is 23.6 Å². The summed E-state index contributed by atoms with van der Waals surface area (Å²) in [7, 11) is 1.65. The summed E-state index contributed by atoms with van der Waals surface area (Å²) in [6.07, 6.45) is -1.23. The Bertz CT molecular complexity index is 2850. The van der Waals surface area contributed by atoms with Crippen LogP contribution >= 0.6 is 0 Å². The molecule has 16 heteroatoms. The highest BCUT2D eigenvalue weighted by molar-refractivity contribution is 6.43. The number of nitrogens with zero attached hydrogens (tertiary/aromatic N) is 2. The zero-order valence-electron chi connectivity index (χ0n) is 45.6. The van der Waals surface area contributed by atoms with E-state index in [0.717, 1.165) is 32.3 Å². The Hall–Kier alpha value is -5.50. The maximum absolute atomic E-state index is 14.3. The van der Waals surface area contributed by atoms with Crippen molar-refractivity contribution in [1.82, 2.24) is 4.90 Å². The van der Waals surface area contributed by atoms with Crippen molar-refractivity contribution in [2.45, 2.75) is 117 Å². The van der Waals surface area contributed by atoms with Gasteiger partial charge in [-0.1, -0.05) is 42.5 Å². The molecule has 6 aromatic carbocycles. The number of para-hydroxylation sites is 1. The van der Waals surface area contributed by atoms with Crippen LogP contribution in [0.3, 0.4) is 0 Å². The van der Waals surface area contributed by atoms with Gasteiger partial charge in [0.2, 0.25) is 0 Å². The topological polar surface area (TPSA) is 167 Å². The number of amides is 4. The van der Waals surface area contributed by atoms with E-state index in [1.807, 2.05) is 85.7 Å². The minimum Gasteiger partial charge on any atom is -0.382 e. The second-order valence-electron chi connectivity index (χ2n) is 20.5. The summed E-state index contributed by atoms with van der Waals surface area (Å²) in [5, 5.41) is 6.12. The number of ether oxygens (including phenoxy) is 10. The van der Waals surface area contributed by atoms with Crippen LogP contribution in [0, 0.1) is 0 Å². The molecule has 0 aromatic heterocycles. The highest BCUT2D eigenvalue weighted by Gasteiger charge is 2.39. The van der Waals surface area contributed by atoms with Gasteiger partial charge >= 0.3 is 0 Å². The van der Waals surface area contributed by atoms with Crippen molar-refractivity contribution in [2.24, 2.45) is 0 Å². The average molecular weight is 1050 g/mol. The van der Waals surface area contributed by atoms with Gasteiger partial charge in [0.15, 0.2) is 0 Å². The lowest BCUT2D eigenvalue weighted by Gasteiger charge is -2.33. The summed E-state index contributed by atoms with van der Waals surface area (Å²) in [6.45, 7) is 21.9. The molecule has 408 valence electrons. The molecular weight excluding hydrogens is 973 g/mol. The molecule has 8 rings (SSSR count). The predicted molar refractivity (Wildman–Crippen MR) is 291 cm³/mol. The largest absolute Gasteiger partial charge is 0.382 e. The van der Waals surface area contributed by atoms with E-state index in [0.29, 0.717) is 98.2 Å². The van der Waals surface area contributed by atoms with Crippen LogP contribution in [0.5, 0.6) is 0 Å². The quantitative estimate of drug-likeness (QED) is 0.0175. The summed E-state index contributed by atoms with van der Waals surface area (Å²) in [6, 6.07) is 23.1. The fourth-order valence-electron chi connectivity index (χ4n) is 9.75. The third kappa shape index (κ3) is 12.7. The maximum Gasteiger partial charge on any atom is 0.265 e. The molecule has 0 radical (unpaired) electrons. The Labute approximate surface area is 445 Å². The number of benzene rings is 6. The second kappa shape index (κ2) is 25.8. The highest BCUT2D eigenvalue weighted by atomic mass is 16.6. The molecule has 0 N–H and O–H groups in total. The Kier molecular flexibility index (Phi) is 19.2. The van der Waals surface area contributed by atoms with Crippen LogP contribution in [0.15, 0.2) is 78.9 Å². The first kappa shape index (κ1) is 56.7. The van der Waals surface area contributed by atoms with Gasteiger partial charge in [-0.05, 0) is 131 Å². The monoisotopic (exact) mass is 1050 g/mol. The molecule has 2 aliphatic rings. The Morgan fingerprint density at radius 2 is 0.671 bits per heavy atom. The molecule has 16 nitrogen and oxygen atoms in total. The van der Waals surface area contributed by atoms with Crippen LogP contribution < -0.4 is 4.90 Å². The highest BCUT2D eigenvalue weighted by Crippen LogP contribution is 2.46. The predicted octanol–water partition coefficient (Wildman–Crippen LogP) is 9.43. The van der Waals surface area contributed by atoms with Crippen LogP contribution in [0.4, 0.5) is 5.69 Å². The van der Waals surface area contributed by atoms with Crippen LogP contribution in [-0.2, 0) is 47.4 Å². The Morgan fingerprint density at radius 3 is 1.01 bits per heavy atom. The first-order valence-corrected chi connectivity index (χ1v) is 26.6. The van der Waals surface area contributed by atoms with Crippen molar-refractivity contribution in [3.63, 3.8) is 0 Å². The molecule has 6 aromatic rings. The van der Waals surface area contributed by atoms with Crippen molar-refractivity contribution in [3.05, 3.63) is 101 Å². The number of methoxy groups -OCH3 is 1. The molecule has 0 saturated heterocycles. The third-order valence-electron chi connectivity index (χ3n) is 13.8. The van der Waals surface area contributed by atoms with E-state index < -0.39 is 17.9 Å². The van der Waals surface area contributed by atoms with Crippen molar-refractivity contribution in [3.8, 4) is 0 Å². The fourth-order valence-corrected chi connectivity index (χ4v) is 9.75. The van der Waals surface area contributed by atoms with E-state index in [2.05, 4.69) is 0 Å². The molecule has 76 heavy (non-hydrogen) atoms. The summed E-state index contributed by atoms with van der Waals surface area (Å²) in [5.41, 5.74) is 2.24. The molecule has 0 aliphatic carbocycles. The van der Waals surface area contributed by atoms with E-state index >= 15 is 0 Å². The molecule has 4 amide bonds. The molecule has 2 aliphatic heterocycles. The van der Waals surface area contributed by atoms with Gasteiger partial charge in [0.1, 0.15) is 0 Å². The number of hydrogen-bond acceptors (Lipinski definition) is 14. The molecule has 0 fully saturated rings. The van der Waals surface area contributed by atoms with Crippen molar-refractivity contribution in [2.75, 3.05) is 84.7 Å². The summed E-state index contributed by atoms with van der Waals surface area (Å²) in [4.78, 5) is 59.2. The van der Waals surface area contributed by atoms with E-state index in [4.69, 9.17) is 47.4 Å². The summed E-state index contributed by atoms with van der Waals surface area (Å²) < 4.78 is 58.4. The minimum absolute atomic E-state index is 0.0328. The van der Waals surface area contributed by atoms with Crippen molar-refractivity contribution < 1.29 is 66.5 Å². The number of carbonyl (C=O) groups is 4. The van der Waals surface area contributed by atoms with Crippen molar-refractivity contribution in [1.29, 1.82) is 0 Å². The number of fused-ring (bicyclic) bond motifs is 2. The first-order chi connectivity index (χ1) is 36.6. The maximum atomic E-state index is 14.3. The Balaban J connectivity index is 0.755. The van der Waals surface area contributed by atoms with Crippen molar-refractivity contribution >= 4 is 72.4 Å². The second-order valence-corrected chi connectivity index (χ2v) is 20.5. The molecule has 9 unspecified atom stereocenters. The molecule has 9 atom stereocenters. The molecule has 0 spiro atoms. The van der Waals surface area contributed by atoms with Gasteiger partial charge in [-0.3, -0.25) is 24.1 Å². The van der Waals surface area contributed by atoms with E-state index in [-0.39, 0.29) is 73.9 Å². The van der Waals surface area contributed by atoms with E-state index in [9.17, 15) is 19.2 Å². The smallest absolute Gasteiger partial charge is 0.265 e. The number of carbonyl (C=O) groups excluding carboxylic acids is 4. The number of imide groups is 2. The SMILES string of the molecule is COCCOCC(C)OCC(C)OCC(C)OCC(C)OCC(C)OCC(C)OCC(C)OCC(C)OCC(C)N1C(=O)c2ccc3c4ccc5c6c(ccc(c7ccc(c2c37)C1=O)c64)C(=O)N(c1ccccc1)C5=O. The van der Waals surface area contributed by atoms with E-state index in [1.165, 1.54) is 9.80 Å². The normalized spacial score (nSPS) is 17.5. The summed E-state index contributed by atoms with van der Waals surface area (Å²) in [5.74, 6) is -1.57. The van der Waals surface area contributed by atoms with Gasteiger partial charge in [0.05, 0.1) is 133 Å². The van der Waals surface area contributed by atoms with Gasteiger partial charge in [-0.15, -0.1) is 0 Å². The van der Waals surface area contributed by atoms with Crippen LogP contribution in [0.25, 0.3) is 43.1 Å². The summed E-state index contributed by atoms with van der Waals surface area (Å²) >= 11 is 0. The van der Waals surface area contributed by atoms with Crippen LogP contribution in [-0.4, -0.2) is 163 Å². The lowest BCUT2D eigenvalue weighted by atomic mass is 9.82. The zero-order chi connectivity index (χ0) is 54.2. The minimum atomic E-state index is -0.576. The first-order valence-electron chi connectivity index (χ1n) is 26.6. The van der Waals surface area contributed by atoms with Gasteiger partial charge in [-0.25, -0.2) is 4.90 Å². The molecule has 2 heterocycles. The molecule has 0 saturated carbocycles. The lowest BCUT2D eigenvalue weighted by Crippen LogP contribution is -2.48. The van der Waals surface area contributed by atoms with Gasteiger partial charge < -0.3 is 47.4 Å². The van der Waals surface area contributed by atoms with Gasteiger partial charge in [-0.2, -0.15) is 0 Å². The number of rotatable bonds is 31. The Morgan fingerprint density at radius 1 is 0.355 bits per heavy atom. The molecule has 0 bridgehead atoms. The number of anilines is 1. The third-order valence-corrected chi connectivity index (χ3v) is 13.8. The number of hydrogen-bond donors (Lipinski definition) is 0. The molecular formula is C60H74N2O14. The standard InChI is InChI=1S/C60H74N2O14/c1-35(26-69-37(3)28-71-39(5)30-73-41(7)32-75-43(9)34-76-42(8)33-74-40(6)31-72-38(4)29-70-36(2)27-68-25-24-67-10)61-57(63)49-20-16-45-47-18-22-51-56-52(60(66)62(59(51)65)44-14-12-11-13-15-44)23-19-48(54(47)56)46-17-21-50(58(61)64)55(49)53(45)46/h11-23,35-43H,24-34H2,1-10H3. The average Bonchev–Trinajstić information content (AvgIpc) is 3.62. The zero-order valence-corrected chi connectivity index (χ0v) is 45.6. The van der Waals surface area contributed by atoms with E-state index in [1.54, 1.807) is 62.6 Å². The lowest BCUT2D eigenvalue weighted by molar-refractivity contribution is -0.110. The fraction of sp³-hybridized carbons (Fsp3) is 0.500. The van der Waals surface area contributed by atoms with Gasteiger partial charge in [0, 0.05) is 40.1 Å².